The molecule has 1 saturated heterocycles. The van der Waals surface area contributed by atoms with E-state index in [0.29, 0.717) is 19.4 Å². The average molecular weight is 298 g/mol. The number of carboxylic acids is 1. The summed E-state index contributed by atoms with van der Waals surface area (Å²) in [5.74, 6) is -0.798. The van der Waals surface area contributed by atoms with Crippen LogP contribution in [-0.2, 0) is 9.53 Å². The van der Waals surface area contributed by atoms with Gasteiger partial charge in [-0.1, -0.05) is 19.3 Å². The van der Waals surface area contributed by atoms with E-state index < -0.39 is 11.4 Å². The number of nitrogens with one attached hydrogen (secondary N) is 2. The standard InChI is InChI=1S/C15H26N2O4/c1-14(6-5-9-21-14)10-16-13(20)17-11-15(12(18)19)7-3-2-4-8-15/h2-11H2,1H3,(H,18,19)(H2,16,17,20). The van der Waals surface area contributed by atoms with Crippen molar-refractivity contribution in [2.24, 2.45) is 5.41 Å². The lowest BCUT2D eigenvalue weighted by Gasteiger charge is -2.33. The van der Waals surface area contributed by atoms with E-state index in [-0.39, 0.29) is 18.2 Å². The number of urea groups is 1. The molecule has 1 unspecified atom stereocenters. The van der Waals surface area contributed by atoms with Gasteiger partial charge in [-0.3, -0.25) is 4.79 Å². The Morgan fingerprint density at radius 2 is 1.71 bits per heavy atom. The summed E-state index contributed by atoms with van der Waals surface area (Å²) in [6.45, 7) is 3.38. The molecule has 1 aliphatic heterocycles. The summed E-state index contributed by atoms with van der Waals surface area (Å²) in [4.78, 5) is 23.4. The van der Waals surface area contributed by atoms with Crippen LogP contribution in [0.3, 0.4) is 0 Å². The molecule has 2 amide bonds. The van der Waals surface area contributed by atoms with E-state index in [1.54, 1.807) is 0 Å². The Labute approximate surface area is 125 Å². The van der Waals surface area contributed by atoms with Crippen molar-refractivity contribution in [1.82, 2.24) is 10.6 Å². The second-order valence-corrected chi connectivity index (χ2v) is 6.58. The van der Waals surface area contributed by atoms with E-state index >= 15 is 0 Å². The molecule has 1 saturated carbocycles. The number of ether oxygens (including phenoxy) is 1. The van der Waals surface area contributed by atoms with Gasteiger partial charge in [0.2, 0.25) is 0 Å². The summed E-state index contributed by atoms with van der Waals surface area (Å²) in [6, 6.07) is -0.307. The first-order chi connectivity index (χ1) is 9.96. The fraction of sp³-hybridized carbons (Fsp3) is 0.867. The van der Waals surface area contributed by atoms with E-state index in [9.17, 15) is 14.7 Å². The summed E-state index contributed by atoms with van der Waals surface area (Å²) in [7, 11) is 0. The third-order valence-corrected chi connectivity index (χ3v) is 4.78. The highest BCUT2D eigenvalue weighted by Gasteiger charge is 2.40. The second kappa shape index (κ2) is 6.64. The van der Waals surface area contributed by atoms with Crippen LogP contribution in [0.15, 0.2) is 0 Å². The molecule has 0 radical (unpaired) electrons. The molecule has 2 fully saturated rings. The van der Waals surface area contributed by atoms with Gasteiger partial charge in [0.25, 0.3) is 0 Å². The summed E-state index contributed by atoms with van der Waals surface area (Å²) in [6.07, 6.45) is 6.15. The minimum Gasteiger partial charge on any atom is -0.481 e. The molecule has 3 N–H and O–H groups in total. The van der Waals surface area contributed by atoms with Crippen LogP contribution in [0.2, 0.25) is 0 Å². The van der Waals surface area contributed by atoms with Gasteiger partial charge in [-0.2, -0.15) is 0 Å². The summed E-state index contributed by atoms with van der Waals surface area (Å²) >= 11 is 0. The van der Waals surface area contributed by atoms with Gasteiger partial charge in [0.15, 0.2) is 0 Å². The number of rotatable bonds is 5. The normalized spacial score (nSPS) is 28.0. The molecule has 120 valence electrons. The third-order valence-electron chi connectivity index (χ3n) is 4.78. The van der Waals surface area contributed by atoms with Crippen molar-refractivity contribution in [2.75, 3.05) is 19.7 Å². The van der Waals surface area contributed by atoms with Crippen LogP contribution in [-0.4, -0.2) is 42.4 Å². The topological polar surface area (TPSA) is 87.7 Å². The molecule has 6 heteroatoms. The Kier molecular flexibility index (Phi) is 5.08. The highest BCUT2D eigenvalue weighted by Crippen LogP contribution is 2.36. The van der Waals surface area contributed by atoms with Crippen LogP contribution >= 0.6 is 0 Å². The number of carbonyl (C=O) groups excluding carboxylic acids is 1. The predicted octanol–water partition coefficient (Wildman–Crippen LogP) is 1.89. The molecule has 2 rings (SSSR count). The molecule has 6 nitrogen and oxygen atoms in total. The number of carbonyl (C=O) groups is 2. The van der Waals surface area contributed by atoms with Crippen molar-refractivity contribution in [2.45, 2.75) is 57.5 Å². The van der Waals surface area contributed by atoms with Crippen molar-refractivity contribution < 1.29 is 19.4 Å². The van der Waals surface area contributed by atoms with Gasteiger partial charge in [0.1, 0.15) is 0 Å². The number of hydrogen-bond donors (Lipinski definition) is 3. The average Bonchev–Trinajstić information content (AvgIpc) is 2.91. The minimum atomic E-state index is -0.798. The highest BCUT2D eigenvalue weighted by atomic mass is 16.5. The first-order valence-electron chi connectivity index (χ1n) is 7.85. The number of hydrogen-bond acceptors (Lipinski definition) is 3. The molecular formula is C15H26N2O4. The molecule has 1 heterocycles. The van der Waals surface area contributed by atoms with Gasteiger partial charge in [-0.15, -0.1) is 0 Å². The lowest BCUT2D eigenvalue weighted by Crippen LogP contribution is -2.49. The van der Waals surface area contributed by atoms with Crippen molar-refractivity contribution in [1.29, 1.82) is 0 Å². The zero-order valence-corrected chi connectivity index (χ0v) is 12.7. The maximum absolute atomic E-state index is 11.9. The van der Waals surface area contributed by atoms with Gasteiger partial charge >= 0.3 is 12.0 Å². The summed E-state index contributed by atoms with van der Waals surface area (Å²) in [5.41, 5.74) is -1.07. The second-order valence-electron chi connectivity index (χ2n) is 6.58. The number of amides is 2. The lowest BCUT2D eigenvalue weighted by molar-refractivity contribution is -0.150. The van der Waals surface area contributed by atoms with Crippen molar-refractivity contribution in [3.63, 3.8) is 0 Å². The molecule has 2 aliphatic rings. The smallest absolute Gasteiger partial charge is 0.314 e. The first-order valence-corrected chi connectivity index (χ1v) is 7.85. The Morgan fingerprint density at radius 1 is 1.05 bits per heavy atom. The monoisotopic (exact) mass is 298 g/mol. The predicted molar refractivity (Wildman–Crippen MR) is 78.1 cm³/mol. The lowest BCUT2D eigenvalue weighted by atomic mass is 9.74. The number of aliphatic carboxylic acids is 1. The van der Waals surface area contributed by atoms with E-state index in [1.807, 2.05) is 6.92 Å². The molecule has 0 aromatic rings. The van der Waals surface area contributed by atoms with Crippen molar-refractivity contribution in [3.8, 4) is 0 Å². The van der Waals surface area contributed by atoms with E-state index in [2.05, 4.69) is 10.6 Å². The summed E-state index contributed by atoms with van der Waals surface area (Å²) < 4.78 is 5.61. The van der Waals surface area contributed by atoms with Gasteiger partial charge < -0.3 is 20.5 Å². The highest BCUT2D eigenvalue weighted by molar-refractivity contribution is 5.78. The SMILES string of the molecule is CC1(CNC(=O)NCC2(C(=O)O)CCCCC2)CCCO1. The minimum absolute atomic E-state index is 0.200. The van der Waals surface area contributed by atoms with Crippen LogP contribution in [0.25, 0.3) is 0 Å². The van der Waals surface area contributed by atoms with Crippen LogP contribution < -0.4 is 10.6 Å². The fourth-order valence-corrected chi connectivity index (χ4v) is 3.25. The zero-order chi connectivity index (χ0) is 15.3. The molecule has 1 atom stereocenters. The van der Waals surface area contributed by atoms with Crippen LogP contribution in [0.5, 0.6) is 0 Å². The van der Waals surface area contributed by atoms with Gasteiger partial charge in [-0.25, -0.2) is 4.79 Å². The van der Waals surface area contributed by atoms with E-state index in [1.165, 1.54) is 0 Å². The molecule has 0 bridgehead atoms. The Balaban J connectivity index is 1.78. The fourth-order valence-electron chi connectivity index (χ4n) is 3.25. The van der Waals surface area contributed by atoms with E-state index in [4.69, 9.17) is 4.74 Å². The van der Waals surface area contributed by atoms with Crippen molar-refractivity contribution >= 4 is 12.0 Å². The molecule has 0 aromatic heterocycles. The van der Waals surface area contributed by atoms with Crippen LogP contribution in [0.1, 0.15) is 51.9 Å². The molecule has 21 heavy (non-hydrogen) atoms. The number of carboxylic acid groups (broad SMARTS) is 1. The molecular weight excluding hydrogens is 272 g/mol. The Hall–Kier alpha value is -1.30. The Bertz CT molecular complexity index is 385. The van der Waals surface area contributed by atoms with Crippen molar-refractivity contribution in [3.05, 3.63) is 0 Å². The quantitative estimate of drug-likeness (QED) is 0.723. The maximum Gasteiger partial charge on any atom is 0.314 e. The summed E-state index contributed by atoms with van der Waals surface area (Å²) in [5, 5.41) is 15.0. The van der Waals surface area contributed by atoms with Gasteiger partial charge in [0.05, 0.1) is 11.0 Å². The Morgan fingerprint density at radius 3 is 2.29 bits per heavy atom. The molecule has 1 aliphatic carbocycles. The van der Waals surface area contributed by atoms with Crippen LogP contribution in [0.4, 0.5) is 4.79 Å². The van der Waals surface area contributed by atoms with Gasteiger partial charge in [-0.05, 0) is 32.6 Å². The first kappa shape index (κ1) is 16.1. The molecule has 0 spiro atoms. The zero-order valence-electron chi connectivity index (χ0n) is 12.7. The van der Waals surface area contributed by atoms with E-state index in [0.717, 1.165) is 38.7 Å². The maximum atomic E-state index is 11.9. The van der Waals surface area contributed by atoms with Crippen LogP contribution in [0, 0.1) is 5.41 Å². The molecule has 0 aromatic carbocycles. The largest absolute Gasteiger partial charge is 0.481 e. The third kappa shape index (κ3) is 4.09. The van der Waals surface area contributed by atoms with Gasteiger partial charge in [0, 0.05) is 19.7 Å².